The molecule has 0 radical (unpaired) electrons. The third kappa shape index (κ3) is 1.18. The van der Waals surface area contributed by atoms with Crippen LogP contribution >= 0.6 is 0 Å². The molecule has 2 nitrogen and oxygen atoms in total. The minimum atomic E-state index is 0.869. The Morgan fingerprint density at radius 2 is 1.36 bits per heavy atom. The van der Waals surface area contributed by atoms with Gasteiger partial charge in [0.05, 0.1) is 0 Å². The monoisotopic (exact) mass is 154 g/mol. The molecule has 2 rings (SSSR count). The Kier molecular flexibility index (Phi) is 1.90. The molecule has 0 aromatic carbocycles. The maximum absolute atomic E-state index is 2.54. The smallest absolute Gasteiger partial charge is 0.0248 e. The maximum atomic E-state index is 2.54. The molecule has 0 aromatic heterocycles. The van der Waals surface area contributed by atoms with Crippen molar-refractivity contribution in [3.8, 4) is 0 Å². The molecule has 0 unspecified atom stereocenters. The summed E-state index contributed by atoms with van der Waals surface area (Å²) < 4.78 is 0. The molecule has 11 heavy (non-hydrogen) atoms. The lowest BCUT2D eigenvalue weighted by molar-refractivity contribution is 0.0722. The Balaban J connectivity index is 2.08. The summed E-state index contributed by atoms with van der Waals surface area (Å²) in [6.45, 7) is 2.52. The number of likely N-dealkylation sites (N-methyl/N-ethyl adjacent to an activating group) is 2. The summed E-state index contributed by atoms with van der Waals surface area (Å²) in [6, 6.07) is 1.74. The third-order valence-corrected chi connectivity index (χ3v) is 3.38. The maximum Gasteiger partial charge on any atom is 0.0248 e. The number of hydrogen-bond acceptors (Lipinski definition) is 2. The Morgan fingerprint density at radius 3 is 1.82 bits per heavy atom. The SMILES string of the molecule is CN1CCN(C)[C@@H]2CCC[C@H]21. The lowest BCUT2D eigenvalue weighted by Gasteiger charge is -2.41. The normalized spacial score (nSPS) is 40.9. The fourth-order valence-corrected chi connectivity index (χ4v) is 2.60. The van der Waals surface area contributed by atoms with Crippen LogP contribution in [0.4, 0.5) is 0 Å². The standard InChI is InChI=1S/C9H18N2/c1-10-6-7-11(2)9-5-3-4-8(9)10/h8-9H,3-7H2,1-2H3/t8-,9-/m1/s1. The van der Waals surface area contributed by atoms with Gasteiger partial charge in [0.2, 0.25) is 0 Å². The van der Waals surface area contributed by atoms with Crippen LogP contribution in [0.5, 0.6) is 0 Å². The van der Waals surface area contributed by atoms with Crippen molar-refractivity contribution in [3.63, 3.8) is 0 Å². The summed E-state index contributed by atoms with van der Waals surface area (Å²) in [4.78, 5) is 5.08. The van der Waals surface area contributed by atoms with E-state index in [1.807, 2.05) is 0 Å². The Hall–Kier alpha value is -0.0800. The van der Waals surface area contributed by atoms with Crippen LogP contribution in [0.25, 0.3) is 0 Å². The van der Waals surface area contributed by atoms with E-state index in [9.17, 15) is 0 Å². The van der Waals surface area contributed by atoms with E-state index < -0.39 is 0 Å². The molecule has 1 saturated carbocycles. The zero-order valence-corrected chi connectivity index (χ0v) is 7.58. The largest absolute Gasteiger partial charge is 0.301 e. The second-order valence-corrected chi connectivity index (χ2v) is 4.03. The predicted molar refractivity (Wildman–Crippen MR) is 46.7 cm³/mol. The molecule has 64 valence electrons. The summed E-state index contributed by atoms with van der Waals surface area (Å²) in [5.41, 5.74) is 0. The summed E-state index contributed by atoms with van der Waals surface area (Å²) in [5, 5.41) is 0. The van der Waals surface area contributed by atoms with Crippen LogP contribution in [0, 0.1) is 0 Å². The molecule has 1 aliphatic carbocycles. The summed E-state index contributed by atoms with van der Waals surface area (Å²) in [5.74, 6) is 0. The molecular weight excluding hydrogens is 136 g/mol. The number of piperazine rings is 1. The third-order valence-electron chi connectivity index (χ3n) is 3.38. The molecule has 1 heterocycles. The van der Waals surface area contributed by atoms with Crippen LogP contribution in [0.3, 0.4) is 0 Å². The first kappa shape index (κ1) is 7.56. The molecule has 2 atom stereocenters. The topological polar surface area (TPSA) is 6.48 Å². The Bertz CT molecular complexity index is 130. The molecule has 0 aromatic rings. The van der Waals surface area contributed by atoms with E-state index in [4.69, 9.17) is 0 Å². The van der Waals surface area contributed by atoms with Crippen molar-refractivity contribution in [2.45, 2.75) is 31.3 Å². The van der Waals surface area contributed by atoms with Gasteiger partial charge in [-0.1, -0.05) is 6.42 Å². The fraction of sp³-hybridized carbons (Fsp3) is 1.00. The van der Waals surface area contributed by atoms with Crippen molar-refractivity contribution in [1.29, 1.82) is 0 Å². The van der Waals surface area contributed by atoms with Gasteiger partial charge >= 0.3 is 0 Å². The molecular formula is C9H18N2. The van der Waals surface area contributed by atoms with Crippen molar-refractivity contribution in [2.24, 2.45) is 0 Å². The second-order valence-electron chi connectivity index (χ2n) is 4.03. The van der Waals surface area contributed by atoms with Gasteiger partial charge in [-0.15, -0.1) is 0 Å². The van der Waals surface area contributed by atoms with Crippen molar-refractivity contribution in [1.82, 2.24) is 9.80 Å². The van der Waals surface area contributed by atoms with Crippen molar-refractivity contribution in [3.05, 3.63) is 0 Å². The van der Waals surface area contributed by atoms with Gasteiger partial charge in [0.1, 0.15) is 0 Å². The first-order valence-corrected chi connectivity index (χ1v) is 4.69. The molecule has 2 aliphatic rings. The van der Waals surface area contributed by atoms with Gasteiger partial charge in [-0.25, -0.2) is 0 Å². The average molecular weight is 154 g/mol. The average Bonchev–Trinajstić information content (AvgIpc) is 2.45. The first-order chi connectivity index (χ1) is 5.29. The minimum absolute atomic E-state index is 0.869. The van der Waals surface area contributed by atoms with Crippen molar-refractivity contribution in [2.75, 3.05) is 27.2 Å². The van der Waals surface area contributed by atoms with E-state index in [1.165, 1.54) is 32.4 Å². The van der Waals surface area contributed by atoms with Gasteiger partial charge in [-0.3, -0.25) is 0 Å². The number of fused-ring (bicyclic) bond motifs is 1. The van der Waals surface area contributed by atoms with Crippen LogP contribution in [0.2, 0.25) is 0 Å². The van der Waals surface area contributed by atoms with E-state index in [0.717, 1.165) is 12.1 Å². The molecule has 2 heteroatoms. The Labute approximate surface area is 69.2 Å². The van der Waals surface area contributed by atoms with Crippen LogP contribution in [-0.2, 0) is 0 Å². The van der Waals surface area contributed by atoms with E-state index in [0.29, 0.717) is 0 Å². The van der Waals surface area contributed by atoms with Crippen molar-refractivity contribution < 1.29 is 0 Å². The number of hydrogen-bond donors (Lipinski definition) is 0. The van der Waals surface area contributed by atoms with E-state index >= 15 is 0 Å². The molecule has 1 aliphatic heterocycles. The van der Waals surface area contributed by atoms with Gasteiger partial charge in [0, 0.05) is 25.2 Å². The van der Waals surface area contributed by atoms with E-state index in [2.05, 4.69) is 23.9 Å². The Morgan fingerprint density at radius 1 is 0.909 bits per heavy atom. The first-order valence-electron chi connectivity index (χ1n) is 4.69. The zero-order valence-electron chi connectivity index (χ0n) is 7.58. The van der Waals surface area contributed by atoms with Crippen LogP contribution < -0.4 is 0 Å². The van der Waals surface area contributed by atoms with Crippen LogP contribution in [0.1, 0.15) is 19.3 Å². The summed E-state index contributed by atoms with van der Waals surface area (Å²) in [7, 11) is 4.55. The molecule has 0 N–H and O–H groups in total. The summed E-state index contributed by atoms with van der Waals surface area (Å²) >= 11 is 0. The number of nitrogens with zero attached hydrogens (tertiary/aromatic N) is 2. The molecule has 1 saturated heterocycles. The molecule has 0 amide bonds. The van der Waals surface area contributed by atoms with Crippen LogP contribution in [0.15, 0.2) is 0 Å². The fourth-order valence-electron chi connectivity index (χ4n) is 2.60. The highest BCUT2D eigenvalue weighted by atomic mass is 15.3. The highest BCUT2D eigenvalue weighted by Gasteiger charge is 2.35. The lowest BCUT2D eigenvalue weighted by Crippen LogP contribution is -2.54. The second kappa shape index (κ2) is 2.76. The van der Waals surface area contributed by atoms with Gasteiger partial charge in [-0.05, 0) is 26.9 Å². The van der Waals surface area contributed by atoms with Crippen molar-refractivity contribution >= 4 is 0 Å². The quantitative estimate of drug-likeness (QED) is 0.509. The number of rotatable bonds is 0. The molecule has 0 spiro atoms. The van der Waals surface area contributed by atoms with Gasteiger partial charge in [-0.2, -0.15) is 0 Å². The molecule has 0 bridgehead atoms. The van der Waals surface area contributed by atoms with E-state index in [1.54, 1.807) is 0 Å². The zero-order chi connectivity index (χ0) is 7.84. The minimum Gasteiger partial charge on any atom is -0.301 e. The highest BCUT2D eigenvalue weighted by Crippen LogP contribution is 2.29. The summed E-state index contributed by atoms with van der Waals surface area (Å²) in [6.07, 6.45) is 4.28. The van der Waals surface area contributed by atoms with E-state index in [-0.39, 0.29) is 0 Å². The van der Waals surface area contributed by atoms with Crippen LogP contribution in [-0.4, -0.2) is 49.1 Å². The predicted octanol–water partition coefficient (Wildman–Crippen LogP) is 0.785. The molecule has 2 fully saturated rings. The highest BCUT2D eigenvalue weighted by molar-refractivity contribution is 4.93. The van der Waals surface area contributed by atoms with Gasteiger partial charge in [0.25, 0.3) is 0 Å². The lowest BCUT2D eigenvalue weighted by atomic mass is 10.1. The van der Waals surface area contributed by atoms with Gasteiger partial charge < -0.3 is 9.80 Å². The van der Waals surface area contributed by atoms with Gasteiger partial charge in [0.15, 0.2) is 0 Å².